The van der Waals surface area contributed by atoms with E-state index in [-0.39, 0.29) is 11.6 Å². The van der Waals surface area contributed by atoms with E-state index in [1.165, 1.54) is 5.57 Å². The highest BCUT2D eigenvalue weighted by Gasteiger charge is 2.39. The zero-order chi connectivity index (χ0) is 16.3. The highest BCUT2D eigenvalue weighted by atomic mass is 35.5. The van der Waals surface area contributed by atoms with Gasteiger partial charge < -0.3 is 9.80 Å². The number of halogens is 1. The molecule has 0 radical (unpaired) electrons. The number of nitrogens with zero attached hydrogens (tertiary/aromatic N) is 2. The number of carbonyl (C=O) groups excluding carboxylic acids is 1. The van der Waals surface area contributed by atoms with Crippen LogP contribution >= 0.6 is 11.6 Å². The van der Waals surface area contributed by atoms with Crippen molar-refractivity contribution in [2.75, 3.05) is 20.6 Å². The van der Waals surface area contributed by atoms with E-state index in [2.05, 4.69) is 25.7 Å². The zero-order valence-corrected chi connectivity index (χ0v) is 14.2. The number of likely N-dealkylation sites (tertiary alicyclic amines) is 1. The number of benzene rings is 1. The summed E-state index contributed by atoms with van der Waals surface area (Å²) < 4.78 is 0. The smallest absolute Gasteiger partial charge is 0.320 e. The lowest BCUT2D eigenvalue weighted by molar-refractivity contribution is 0.149. The van der Waals surface area contributed by atoms with Crippen molar-refractivity contribution in [3.63, 3.8) is 0 Å². The number of allylic oxidation sites excluding steroid dienone is 1. The maximum atomic E-state index is 12.2. The first-order valence-corrected chi connectivity index (χ1v) is 7.65. The summed E-state index contributed by atoms with van der Waals surface area (Å²) in [6.07, 6.45) is 2.79. The van der Waals surface area contributed by atoms with E-state index in [9.17, 15) is 4.79 Å². The minimum atomic E-state index is -0.301. The van der Waals surface area contributed by atoms with Crippen LogP contribution in [0.4, 0.5) is 4.79 Å². The monoisotopic (exact) mass is 316 g/mol. The molecule has 1 aromatic carbocycles. The van der Waals surface area contributed by atoms with Gasteiger partial charge in [0.05, 0.1) is 5.54 Å². The molecule has 22 heavy (non-hydrogen) atoms. The Morgan fingerprint density at radius 1 is 1.41 bits per heavy atom. The number of urea groups is 1. The van der Waals surface area contributed by atoms with E-state index < -0.39 is 0 Å². The summed E-state index contributed by atoms with van der Waals surface area (Å²) in [4.78, 5) is 15.7. The molecule has 1 fully saturated rings. The van der Waals surface area contributed by atoms with Crippen molar-refractivity contribution >= 4 is 17.6 Å². The minimum Gasteiger partial charge on any atom is -0.331 e. The zero-order valence-electron chi connectivity index (χ0n) is 13.5. The lowest BCUT2D eigenvalue weighted by atomic mass is 9.95. The molecule has 1 heterocycles. The Labute approximate surface area is 137 Å². The van der Waals surface area contributed by atoms with Crippen molar-refractivity contribution in [3.8, 4) is 11.8 Å². The summed E-state index contributed by atoms with van der Waals surface area (Å²) in [6.45, 7) is 4.86. The van der Waals surface area contributed by atoms with E-state index in [0.717, 1.165) is 18.5 Å². The maximum Gasteiger partial charge on any atom is 0.320 e. The average Bonchev–Trinajstić information content (AvgIpc) is 2.73. The molecule has 0 bridgehead atoms. The quantitative estimate of drug-likeness (QED) is 0.668. The number of carbonyl (C=O) groups is 1. The summed E-state index contributed by atoms with van der Waals surface area (Å²) in [6, 6.07) is 7.52. The molecular weight excluding hydrogens is 296 g/mol. The molecular formula is C18H21ClN2O. The molecule has 4 heteroatoms. The van der Waals surface area contributed by atoms with Crippen molar-refractivity contribution in [3.05, 3.63) is 46.5 Å². The van der Waals surface area contributed by atoms with Gasteiger partial charge in [0.2, 0.25) is 0 Å². The Morgan fingerprint density at radius 3 is 2.77 bits per heavy atom. The van der Waals surface area contributed by atoms with Crippen molar-refractivity contribution in [2.45, 2.75) is 25.8 Å². The topological polar surface area (TPSA) is 23.6 Å². The van der Waals surface area contributed by atoms with E-state index in [0.29, 0.717) is 5.02 Å². The number of hydrogen-bond acceptors (Lipinski definition) is 1. The molecule has 3 nitrogen and oxygen atoms in total. The van der Waals surface area contributed by atoms with Gasteiger partial charge in [-0.15, -0.1) is 0 Å². The van der Waals surface area contributed by atoms with Crippen LogP contribution < -0.4 is 0 Å². The first-order valence-electron chi connectivity index (χ1n) is 7.28. The van der Waals surface area contributed by atoms with Crippen molar-refractivity contribution < 1.29 is 4.79 Å². The molecule has 0 atom stereocenters. The molecule has 0 unspecified atom stereocenters. The van der Waals surface area contributed by atoms with Crippen molar-refractivity contribution in [1.29, 1.82) is 0 Å². The van der Waals surface area contributed by atoms with E-state index in [1.807, 2.05) is 35.2 Å². The molecule has 1 aromatic rings. The van der Waals surface area contributed by atoms with Gasteiger partial charge in [0, 0.05) is 31.2 Å². The lowest BCUT2D eigenvalue weighted by Gasteiger charge is -2.34. The van der Waals surface area contributed by atoms with Crippen LogP contribution in [0.2, 0.25) is 5.02 Å². The summed E-state index contributed by atoms with van der Waals surface area (Å²) in [5, 5.41) is 0.684. The summed E-state index contributed by atoms with van der Waals surface area (Å²) in [7, 11) is 3.55. The second-order valence-corrected chi connectivity index (χ2v) is 6.52. The summed E-state index contributed by atoms with van der Waals surface area (Å²) >= 11 is 5.95. The SMILES string of the molecule is CN(C)C(=O)N1CC/C(=C\C#Cc2cccc(Cl)c2)C1(C)C. The van der Waals surface area contributed by atoms with Crippen molar-refractivity contribution in [2.24, 2.45) is 0 Å². The van der Waals surface area contributed by atoms with Crippen LogP contribution in [0.15, 0.2) is 35.9 Å². The third-order valence-corrected chi connectivity index (χ3v) is 4.20. The summed E-state index contributed by atoms with van der Waals surface area (Å²) in [5.74, 6) is 6.19. The highest BCUT2D eigenvalue weighted by molar-refractivity contribution is 6.30. The lowest BCUT2D eigenvalue weighted by Crippen LogP contribution is -2.48. The highest BCUT2D eigenvalue weighted by Crippen LogP contribution is 2.34. The molecule has 2 rings (SSSR count). The summed E-state index contributed by atoms with van der Waals surface area (Å²) in [5.41, 5.74) is 1.77. The van der Waals surface area contributed by atoms with Crippen LogP contribution in [0.3, 0.4) is 0 Å². The van der Waals surface area contributed by atoms with Gasteiger partial charge in [-0.25, -0.2) is 4.79 Å². The molecule has 116 valence electrons. The third kappa shape index (κ3) is 3.45. The Morgan fingerprint density at radius 2 is 2.14 bits per heavy atom. The Kier molecular flexibility index (Phi) is 4.83. The standard InChI is InChI=1S/C18H21ClN2O/c1-18(2)15(11-12-21(18)17(22)20(3)4)9-5-7-14-8-6-10-16(19)13-14/h6,8-10,13H,11-12H2,1-4H3/b15-9+. The van der Waals surface area contributed by atoms with Crippen LogP contribution in [-0.4, -0.2) is 42.0 Å². The van der Waals surface area contributed by atoms with E-state index in [4.69, 9.17) is 11.6 Å². The third-order valence-electron chi connectivity index (χ3n) is 3.97. The van der Waals surface area contributed by atoms with Gasteiger partial charge in [0.25, 0.3) is 0 Å². The predicted octanol–water partition coefficient (Wildman–Crippen LogP) is 3.78. The van der Waals surface area contributed by atoms with Crippen LogP contribution in [0.5, 0.6) is 0 Å². The van der Waals surface area contributed by atoms with Crippen LogP contribution in [0, 0.1) is 11.8 Å². The van der Waals surface area contributed by atoms with Crippen LogP contribution in [0.1, 0.15) is 25.8 Å². The van der Waals surface area contributed by atoms with Crippen LogP contribution in [0.25, 0.3) is 0 Å². The first-order chi connectivity index (χ1) is 10.3. The molecule has 0 spiro atoms. The Bertz CT molecular complexity index is 665. The minimum absolute atomic E-state index is 0.0381. The normalized spacial score (nSPS) is 18.0. The van der Waals surface area contributed by atoms with Gasteiger partial charge in [0.1, 0.15) is 0 Å². The molecule has 0 aliphatic carbocycles. The van der Waals surface area contributed by atoms with Crippen LogP contribution in [-0.2, 0) is 0 Å². The first kappa shape index (κ1) is 16.5. The second-order valence-electron chi connectivity index (χ2n) is 6.09. The molecule has 0 aromatic heterocycles. The average molecular weight is 317 g/mol. The van der Waals surface area contributed by atoms with Gasteiger partial charge in [-0.1, -0.05) is 29.5 Å². The van der Waals surface area contributed by atoms with Gasteiger partial charge >= 0.3 is 6.03 Å². The molecule has 2 amide bonds. The van der Waals surface area contributed by atoms with Gasteiger partial charge in [-0.05, 0) is 50.1 Å². The number of rotatable bonds is 0. The van der Waals surface area contributed by atoms with Gasteiger partial charge in [-0.2, -0.15) is 0 Å². The number of hydrogen-bond donors (Lipinski definition) is 0. The molecule has 1 aliphatic heterocycles. The fourth-order valence-corrected chi connectivity index (χ4v) is 2.78. The predicted molar refractivity (Wildman–Crippen MR) is 90.9 cm³/mol. The number of amides is 2. The molecule has 0 saturated carbocycles. The Hall–Kier alpha value is -1.92. The van der Waals surface area contributed by atoms with Crippen molar-refractivity contribution in [1.82, 2.24) is 9.80 Å². The molecule has 1 saturated heterocycles. The largest absolute Gasteiger partial charge is 0.331 e. The molecule has 0 N–H and O–H groups in total. The maximum absolute atomic E-state index is 12.2. The Balaban J connectivity index is 2.19. The fourth-order valence-electron chi connectivity index (χ4n) is 2.59. The van der Waals surface area contributed by atoms with Gasteiger partial charge in [-0.3, -0.25) is 0 Å². The molecule has 1 aliphatic rings. The van der Waals surface area contributed by atoms with Gasteiger partial charge in [0.15, 0.2) is 0 Å². The van der Waals surface area contributed by atoms with E-state index in [1.54, 1.807) is 19.0 Å². The second kappa shape index (κ2) is 6.46. The fraction of sp³-hybridized carbons (Fsp3) is 0.389. The van der Waals surface area contributed by atoms with E-state index >= 15 is 0 Å².